The van der Waals surface area contributed by atoms with Crippen LogP contribution in [0.25, 0.3) is 0 Å². The topological polar surface area (TPSA) is 125 Å². The maximum atomic E-state index is 13.7. The van der Waals surface area contributed by atoms with E-state index < -0.39 is 15.9 Å². The molecule has 44 heavy (non-hydrogen) atoms. The summed E-state index contributed by atoms with van der Waals surface area (Å²) in [5, 5.41) is 3.00. The van der Waals surface area contributed by atoms with Gasteiger partial charge in [0.1, 0.15) is 17.5 Å². The monoisotopic (exact) mass is 618 g/mol. The molecule has 11 heteroatoms. The lowest BCUT2D eigenvalue weighted by Gasteiger charge is -2.34. The number of anilines is 3. The third-order valence-corrected chi connectivity index (χ3v) is 13.1. The summed E-state index contributed by atoms with van der Waals surface area (Å²) in [5.41, 5.74) is 1.18. The van der Waals surface area contributed by atoms with Crippen molar-refractivity contribution < 1.29 is 18.0 Å². The molecule has 4 bridgehead atoms. The summed E-state index contributed by atoms with van der Waals surface area (Å²) in [6.07, 6.45) is 11.3. The van der Waals surface area contributed by atoms with E-state index >= 15 is 0 Å². The average molecular weight is 619 g/mol. The van der Waals surface area contributed by atoms with Gasteiger partial charge in [-0.25, -0.2) is 14.7 Å². The Bertz CT molecular complexity index is 1630. The normalized spacial score (nSPS) is 29.0. The first-order valence-electron chi connectivity index (χ1n) is 16.4. The van der Waals surface area contributed by atoms with Gasteiger partial charge in [0, 0.05) is 31.1 Å². The standard InChI is InChI=1S/C33H42N6O4S/c1-31(2)19-21-5-4-17-34-25-6-3-7-27(35-25)44(42,43)37-29(40)23-9-11-26(36-28(23)39(31)20-21)38-18-12-22(30(38)41)8-10-24-32(13-14-32)33(24)15-16-33/h3,6-7,9,11,21-22,24H,4-5,8,10,12-20H2,1-2H3,(H,34,35)(H,37,40)/t21-,22-/m0/s1. The summed E-state index contributed by atoms with van der Waals surface area (Å²) in [7, 11) is -4.23. The molecule has 10 nitrogen and oxygen atoms in total. The van der Waals surface area contributed by atoms with Crippen LogP contribution in [0, 0.1) is 28.6 Å². The van der Waals surface area contributed by atoms with Crippen molar-refractivity contribution in [1.29, 1.82) is 0 Å². The largest absolute Gasteiger partial charge is 0.370 e. The van der Waals surface area contributed by atoms with Gasteiger partial charge in [-0.15, -0.1) is 0 Å². The molecule has 2 saturated heterocycles. The van der Waals surface area contributed by atoms with Crippen LogP contribution in [0.3, 0.4) is 0 Å². The number of sulfonamides is 1. The smallest absolute Gasteiger partial charge is 0.281 e. The Morgan fingerprint density at radius 2 is 1.75 bits per heavy atom. The van der Waals surface area contributed by atoms with Crippen LogP contribution in [0.4, 0.5) is 17.5 Å². The first-order chi connectivity index (χ1) is 21.0. The van der Waals surface area contributed by atoms with Crippen LogP contribution in [0.5, 0.6) is 0 Å². The summed E-state index contributed by atoms with van der Waals surface area (Å²) in [4.78, 5) is 40.5. The molecule has 5 heterocycles. The van der Waals surface area contributed by atoms with Crippen LogP contribution >= 0.6 is 0 Å². The van der Waals surface area contributed by atoms with E-state index in [0.29, 0.717) is 53.8 Å². The van der Waals surface area contributed by atoms with Crippen molar-refractivity contribution in [2.24, 2.45) is 28.6 Å². The van der Waals surface area contributed by atoms with Gasteiger partial charge in [-0.2, -0.15) is 8.42 Å². The Labute approximate surface area is 259 Å². The van der Waals surface area contributed by atoms with Crippen LogP contribution in [0.1, 0.15) is 88.4 Å². The van der Waals surface area contributed by atoms with Crippen LogP contribution < -0.4 is 19.8 Å². The predicted octanol–water partition coefficient (Wildman–Crippen LogP) is 4.73. The predicted molar refractivity (Wildman–Crippen MR) is 167 cm³/mol. The Kier molecular flexibility index (Phi) is 6.20. The molecule has 0 aromatic carbocycles. The molecule has 2 amide bonds. The van der Waals surface area contributed by atoms with Gasteiger partial charge >= 0.3 is 0 Å². The number of rotatable bonds is 4. The average Bonchev–Trinajstić information content (AvgIpc) is 3.94. The van der Waals surface area contributed by atoms with Gasteiger partial charge in [-0.1, -0.05) is 6.07 Å². The maximum absolute atomic E-state index is 13.7. The SMILES string of the molecule is CC1(C)C[C@@H]2CCCNc3cccc(n3)S(=O)(=O)NC(=O)c3ccc(N4CC[C@H](CCC5C6(CC6)C56CC6)C4=O)nc3N1C2. The number of fused-ring (bicyclic) bond motifs is 7. The zero-order valence-corrected chi connectivity index (χ0v) is 26.5. The molecule has 0 radical (unpaired) electrons. The van der Waals surface area contributed by atoms with E-state index in [0.717, 1.165) is 44.4 Å². The molecule has 5 fully saturated rings. The van der Waals surface area contributed by atoms with Crippen molar-refractivity contribution in [2.75, 3.05) is 34.8 Å². The van der Waals surface area contributed by atoms with E-state index in [9.17, 15) is 18.0 Å². The Balaban J connectivity index is 1.08. The minimum Gasteiger partial charge on any atom is -0.370 e. The van der Waals surface area contributed by atoms with Gasteiger partial charge in [0.05, 0.1) is 5.56 Å². The number of nitrogens with zero attached hydrogens (tertiary/aromatic N) is 4. The number of carbonyl (C=O) groups excluding carboxylic acids is 2. The van der Waals surface area contributed by atoms with Crippen molar-refractivity contribution in [3.05, 3.63) is 35.9 Å². The first-order valence-corrected chi connectivity index (χ1v) is 17.9. The summed E-state index contributed by atoms with van der Waals surface area (Å²) >= 11 is 0. The van der Waals surface area contributed by atoms with Crippen molar-refractivity contribution in [3.63, 3.8) is 0 Å². The lowest BCUT2D eigenvalue weighted by atomic mass is 9.93. The van der Waals surface area contributed by atoms with E-state index in [1.807, 2.05) is 0 Å². The van der Waals surface area contributed by atoms with Crippen LogP contribution in [0.2, 0.25) is 0 Å². The van der Waals surface area contributed by atoms with Crippen LogP contribution in [0.15, 0.2) is 35.4 Å². The number of hydrogen-bond donors (Lipinski definition) is 2. The Morgan fingerprint density at radius 3 is 2.50 bits per heavy atom. The van der Waals surface area contributed by atoms with Gasteiger partial charge in [-0.05, 0) is 125 Å². The maximum Gasteiger partial charge on any atom is 0.281 e. The molecular weight excluding hydrogens is 576 g/mol. The number of hydrogen-bond acceptors (Lipinski definition) is 8. The lowest BCUT2D eigenvalue weighted by Crippen LogP contribution is -2.41. The number of aromatic nitrogens is 2. The molecule has 2 aromatic rings. The molecule has 3 saturated carbocycles. The van der Waals surface area contributed by atoms with E-state index in [1.165, 1.54) is 31.7 Å². The zero-order chi connectivity index (χ0) is 30.5. The second-order valence-electron chi connectivity index (χ2n) is 14.8. The highest BCUT2D eigenvalue weighted by atomic mass is 32.2. The number of pyridine rings is 2. The highest BCUT2D eigenvalue weighted by Gasteiger charge is 2.85. The minimum atomic E-state index is -4.23. The number of carbonyl (C=O) groups is 2. The molecule has 0 unspecified atom stereocenters. The molecule has 234 valence electrons. The van der Waals surface area contributed by atoms with Crippen LogP contribution in [-0.2, 0) is 14.8 Å². The molecule has 2 atom stereocenters. The third-order valence-electron chi connectivity index (χ3n) is 11.9. The summed E-state index contributed by atoms with van der Waals surface area (Å²) < 4.78 is 28.7. The second kappa shape index (κ2) is 9.64. The van der Waals surface area contributed by atoms with Crippen molar-refractivity contribution in [1.82, 2.24) is 14.7 Å². The lowest BCUT2D eigenvalue weighted by molar-refractivity contribution is -0.120. The zero-order valence-electron chi connectivity index (χ0n) is 25.6. The molecule has 3 aliphatic heterocycles. The van der Waals surface area contributed by atoms with E-state index in [1.54, 1.807) is 29.2 Å². The van der Waals surface area contributed by atoms with E-state index in [2.05, 4.69) is 33.8 Å². The number of nitrogens with one attached hydrogen (secondary N) is 2. The molecule has 6 aliphatic rings. The molecule has 2 spiro atoms. The first kappa shape index (κ1) is 28.3. The fourth-order valence-corrected chi connectivity index (χ4v) is 10.3. The van der Waals surface area contributed by atoms with Crippen molar-refractivity contribution >= 4 is 39.3 Å². The third kappa shape index (κ3) is 4.43. The second-order valence-corrected chi connectivity index (χ2v) is 16.4. The Morgan fingerprint density at radius 1 is 0.977 bits per heavy atom. The summed E-state index contributed by atoms with van der Waals surface area (Å²) in [5.74, 6) is 2.01. The minimum absolute atomic E-state index is 0.0135. The molecule has 3 aliphatic carbocycles. The van der Waals surface area contributed by atoms with Gasteiger partial charge in [0.25, 0.3) is 15.9 Å². The van der Waals surface area contributed by atoms with Crippen molar-refractivity contribution in [2.45, 2.75) is 88.6 Å². The van der Waals surface area contributed by atoms with Gasteiger partial charge in [0.15, 0.2) is 5.03 Å². The summed E-state index contributed by atoms with van der Waals surface area (Å²) in [6.45, 7) is 6.26. The fraction of sp³-hybridized carbons (Fsp3) is 0.636. The number of amides is 2. The molecule has 2 N–H and O–H groups in total. The van der Waals surface area contributed by atoms with Gasteiger partial charge < -0.3 is 10.2 Å². The quantitative estimate of drug-likeness (QED) is 0.504. The van der Waals surface area contributed by atoms with E-state index in [4.69, 9.17) is 4.98 Å². The summed E-state index contributed by atoms with van der Waals surface area (Å²) in [6, 6.07) is 8.05. The highest BCUT2D eigenvalue weighted by Crippen LogP contribution is 2.93. The van der Waals surface area contributed by atoms with Gasteiger partial charge in [-0.3, -0.25) is 14.5 Å². The van der Waals surface area contributed by atoms with Crippen molar-refractivity contribution in [3.8, 4) is 0 Å². The van der Waals surface area contributed by atoms with Crippen LogP contribution in [-0.4, -0.2) is 55.4 Å². The molecule has 2 aromatic heterocycles. The Hall–Kier alpha value is -3.21. The molecule has 8 rings (SSSR count). The van der Waals surface area contributed by atoms with E-state index in [-0.39, 0.29) is 28.0 Å². The highest BCUT2D eigenvalue weighted by molar-refractivity contribution is 7.90. The van der Waals surface area contributed by atoms with Gasteiger partial charge in [0.2, 0.25) is 5.91 Å². The fourth-order valence-electron chi connectivity index (χ4n) is 9.38. The molecular formula is C33H42N6O4S.